The number of para-hydroxylation sites is 1. The lowest BCUT2D eigenvalue weighted by Crippen LogP contribution is -2.21. The maximum Gasteiger partial charge on any atom is 0.337 e. The lowest BCUT2D eigenvalue weighted by atomic mass is 10.2. The van der Waals surface area contributed by atoms with Crippen molar-refractivity contribution in [3.63, 3.8) is 0 Å². The van der Waals surface area contributed by atoms with E-state index in [1.807, 2.05) is 6.07 Å². The smallest absolute Gasteiger partial charge is 0.337 e. The number of hydrogen-bond donors (Lipinski definition) is 1. The van der Waals surface area contributed by atoms with Gasteiger partial charge in [0.1, 0.15) is 5.69 Å². The first-order valence-electron chi connectivity index (χ1n) is 8.04. The minimum atomic E-state index is -0.592. The number of amides is 1. The largest absolute Gasteiger partial charge is 0.465 e. The third-order valence-electron chi connectivity index (χ3n) is 3.72. The number of aromatic nitrogens is 1. The number of carbonyl (C=O) groups excluding carboxylic acids is 3. The van der Waals surface area contributed by atoms with E-state index in [4.69, 9.17) is 9.26 Å². The summed E-state index contributed by atoms with van der Waals surface area (Å²) in [6.45, 7) is -0.437. The first-order valence-corrected chi connectivity index (χ1v) is 8.04. The lowest BCUT2D eigenvalue weighted by molar-refractivity contribution is -0.146. The van der Waals surface area contributed by atoms with Gasteiger partial charge in [0.2, 0.25) is 0 Å². The zero-order chi connectivity index (χ0) is 19.2. The topological polar surface area (TPSA) is 108 Å². The van der Waals surface area contributed by atoms with Gasteiger partial charge in [-0.3, -0.25) is 9.59 Å². The van der Waals surface area contributed by atoms with Crippen LogP contribution in [0, 0.1) is 0 Å². The number of rotatable bonds is 6. The molecule has 0 saturated carbocycles. The van der Waals surface area contributed by atoms with Crippen LogP contribution in [0.25, 0.3) is 11.0 Å². The Morgan fingerprint density at radius 2 is 1.81 bits per heavy atom. The summed E-state index contributed by atoms with van der Waals surface area (Å²) in [5, 5.41) is 7.14. The fourth-order valence-electron chi connectivity index (χ4n) is 2.40. The van der Waals surface area contributed by atoms with Gasteiger partial charge >= 0.3 is 11.9 Å². The SMILES string of the molecule is COC(=O)c1ccc(NC(=O)COC(=O)Cc2noc3ccccc23)cc1. The normalized spacial score (nSPS) is 10.4. The second-order valence-electron chi connectivity index (χ2n) is 5.58. The van der Waals surface area contributed by atoms with E-state index < -0.39 is 24.5 Å². The number of fused-ring (bicyclic) bond motifs is 1. The molecule has 27 heavy (non-hydrogen) atoms. The van der Waals surface area contributed by atoms with E-state index in [0.29, 0.717) is 22.5 Å². The summed E-state index contributed by atoms with van der Waals surface area (Å²) >= 11 is 0. The van der Waals surface area contributed by atoms with Crippen molar-refractivity contribution in [1.29, 1.82) is 0 Å². The minimum Gasteiger partial charge on any atom is -0.465 e. The van der Waals surface area contributed by atoms with Crippen LogP contribution in [0.3, 0.4) is 0 Å². The van der Waals surface area contributed by atoms with Gasteiger partial charge < -0.3 is 19.3 Å². The fourth-order valence-corrected chi connectivity index (χ4v) is 2.40. The van der Waals surface area contributed by atoms with Gasteiger partial charge in [-0.1, -0.05) is 17.3 Å². The molecule has 0 radical (unpaired) electrons. The Morgan fingerprint density at radius 1 is 1.07 bits per heavy atom. The van der Waals surface area contributed by atoms with Crippen molar-refractivity contribution in [1.82, 2.24) is 5.16 Å². The predicted molar refractivity (Wildman–Crippen MR) is 95.1 cm³/mol. The fraction of sp³-hybridized carbons (Fsp3) is 0.158. The Balaban J connectivity index is 1.50. The molecular formula is C19H16N2O6. The molecule has 0 spiro atoms. The molecule has 1 amide bonds. The van der Waals surface area contributed by atoms with Crippen molar-refractivity contribution in [3.8, 4) is 0 Å². The molecule has 3 rings (SSSR count). The molecule has 0 atom stereocenters. The van der Waals surface area contributed by atoms with Crippen LogP contribution in [0.2, 0.25) is 0 Å². The molecule has 8 nitrogen and oxygen atoms in total. The second kappa shape index (κ2) is 8.13. The average molecular weight is 368 g/mol. The quantitative estimate of drug-likeness (QED) is 0.665. The van der Waals surface area contributed by atoms with Crippen LogP contribution in [-0.4, -0.2) is 36.7 Å². The van der Waals surface area contributed by atoms with Gasteiger partial charge in [-0.05, 0) is 36.4 Å². The number of nitrogens with zero attached hydrogens (tertiary/aromatic N) is 1. The molecule has 138 valence electrons. The van der Waals surface area contributed by atoms with Crippen molar-refractivity contribution >= 4 is 34.5 Å². The molecule has 2 aromatic carbocycles. The summed E-state index contributed by atoms with van der Waals surface area (Å²) < 4.78 is 14.7. The van der Waals surface area contributed by atoms with E-state index in [2.05, 4.69) is 15.2 Å². The van der Waals surface area contributed by atoms with Gasteiger partial charge in [0.15, 0.2) is 12.2 Å². The third-order valence-corrected chi connectivity index (χ3v) is 3.72. The second-order valence-corrected chi connectivity index (χ2v) is 5.58. The molecule has 0 fully saturated rings. The number of ether oxygens (including phenoxy) is 2. The number of carbonyl (C=O) groups is 3. The summed E-state index contributed by atoms with van der Waals surface area (Å²) in [5.74, 6) is -1.56. The first kappa shape index (κ1) is 18.1. The van der Waals surface area contributed by atoms with Gasteiger partial charge in [0.05, 0.1) is 19.1 Å². The van der Waals surface area contributed by atoms with Crippen molar-refractivity contribution in [2.24, 2.45) is 0 Å². The summed E-state index contributed by atoms with van der Waals surface area (Å²) in [5.41, 5.74) is 1.86. The average Bonchev–Trinajstić information content (AvgIpc) is 3.09. The Hall–Kier alpha value is -3.68. The Labute approximate surface area is 154 Å². The van der Waals surface area contributed by atoms with Gasteiger partial charge in [-0.2, -0.15) is 0 Å². The standard InChI is InChI=1S/C19H16N2O6/c1-25-19(24)12-6-8-13(9-7-12)20-17(22)11-26-18(23)10-15-14-4-2-3-5-16(14)27-21-15/h2-9H,10-11H2,1H3,(H,20,22). The molecule has 3 aromatic rings. The Bertz CT molecular complexity index is 977. The first-order chi connectivity index (χ1) is 13.1. The molecule has 8 heteroatoms. The predicted octanol–water partition coefficient (Wildman–Crippen LogP) is 2.34. The van der Waals surface area contributed by atoms with Crippen molar-refractivity contribution in [2.45, 2.75) is 6.42 Å². The molecule has 0 bridgehead atoms. The highest BCUT2D eigenvalue weighted by atomic mass is 16.5. The van der Waals surface area contributed by atoms with Crippen molar-refractivity contribution in [2.75, 3.05) is 19.0 Å². The number of anilines is 1. The van der Waals surface area contributed by atoms with Crippen LogP contribution in [0.15, 0.2) is 53.1 Å². The van der Waals surface area contributed by atoms with E-state index in [1.54, 1.807) is 30.3 Å². The number of nitrogens with one attached hydrogen (secondary N) is 1. The third kappa shape index (κ3) is 4.49. The molecule has 0 saturated heterocycles. The van der Waals surface area contributed by atoms with Crippen LogP contribution in [0.4, 0.5) is 5.69 Å². The monoisotopic (exact) mass is 368 g/mol. The molecule has 0 aliphatic heterocycles. The minimum absolute atomic E-state index is 0.0991. The maximum absolute atomic E-state index is 11.9. The highest BCUT2D eigenvalue weighted by Gasteiger charge is 2.14. The highest BCUT2D eigenvalue weighted by Crippen LogP contribution is 2.18. The summed E-state index contributed by atoms with van der Waals surface area (Å²) in [6.07, 6.45) is -0.0991. The summed E-state index contributed by atoms with van der Waals surface area (Å²) in [6, 6.07) is 13.3. The maximum atomic E-state index is 11.9. The Morgan fingerprint density at radius 3 is 2.56 bits per heavy atom. The van der Waals surface area contributed by atoms with Gasteiger partial charge in [-0.15, -0.1) is 0 Å². The number of benzene rings is 2. The number of esters is 2. The molecule has 1 heterocycles. The highest BCUT2D eigenvalue weighted by molar-refractivity contribution is 5.94. The van der Waals surface area contributed by atoms with Gasteiger partial charge in [-0.25, -0.2) is 4.79 Å². The van der Waals surface area contributed by atoms with Crippen LogP contribution in [-0.2, 0) is 25.5 Å². The van der Waals surface area contributed by atoms with Crippen LogP contribution in [0.5, 0.6) is 0 Å². The lowest BCUT2D eigenvalue weighted by Gasteiger charge is -2.07. The van der Waals surface area contributed by atoms with E-state index in [1.165, 1.54) is 19.2 Å². The van der Waals surface area contributed by atoms with Crippen LogP contribution < -0.4 is 5.32 Å². The number of hydrogen-bond acceptors (Lipinski definition) is 7. The van der Waals surface area contributed by atoms with E-state index >= 15 is 0 Å². The molecular weight excluding hydrogens is 352 g/mol. The molecule has 0 unspecified atom stereocenters. The molecule has 0 aliphatic rings. The van der Waals surface area contributed by atoms with Crippen LogP contribution >= 0.6 is 0 Å². The van der Waals surface area contributed by atoms with E-state index in [-0.39, 0.29) is 6.42 Å². The summed E-state index contributed by atoms with van der Waals surface area (Å²) in [4.78, 5) is 35.2. The summed E-state index contributed by atoms with van der Waals surface area (Å²) in [7, 11) is 1.29. The van der Waals surface area contributed by atoms with Gasteiger partial charge in [0.25, 0.3) is 5.91 Å². The molecule has 1 aromatic heterocycles. The molecule has 0 aliphatic carbocycles. The zero-order valence-electron chi connectivity index (χ0n) is 14.4. The van der Waals surface area contributed by atoms with Gasteiger partial charge in [0, 0.05) is 11.1 Å². The van der Waals surface area contributed by atoms with Crippen molar-refractivity contribution in [3.05, 3.63) is 59.8 Å². The van der Waals surface area contributed by atoms with Crippen LogP contribution in [0.1, 0.15) is 16.1 Å². The van der Waals surface area contributed by atoms with E-state index in [9.17, 15) is 14.4 Å². The van der Waals surface area contributed by atoms with Crippen molar-refractivity contribution < 1.29 is 28.4 Å². The Kier molecular flexibility index (Phi) is 5.46. The molecule has 1 N–H and O–H groups in total. The zero-order valence-corrected chi connectivity index (χ0v) is 14.4. The van der Waals surface area contributed by atoms with E-state index in [0.717, 1.165) is 5.39 Å². The number of methoxy groups -OCH3 is 1.